The van der Waals surface area contributed by atoms with Crippen molar-refractivity contribution in [3.8, 4) is 11.5 Å². The minimum Gasteiger partial charge on any atom is -0.497 e. The van der Waals surface area contributed by atoms with Crippen LogP contribution in [0, 0.1) is 0 Å². The Morgan fingerprint density at radius 1 is 1.05 bits per heavy atom. The zero-order valence-corrected chi connectivity index (χ0v) is 14.3. The fourth-order valence-corrected chi connectivity index (χ4v) is 2.53. The summed E-state index contributed by atoms with van der Waals surface area (Å²) in [5.74, 6) is 2.22. The summed E-state index contributed by atoms with van der Waals surface area (Å²) in [5.41, 5.74) is 3.64. The number of benzene rings is 2. The van der Waals surface area contributed by atoms with Crippen LogP contribution in [0.1, 0.15) is 36.5 Å². The Hall–Kier alpha value is -1.48. The molecule has 0 heterocycles. The number of rotatable bonds is 6. The predicted molar refractivity (Wildman–Crippen MR) is 90.5 cm³/mol. The van der Waals surface area contributed by atoms with Crippen LogP contribution in [-0.4, -0.2) is 7.11 Å². The molecule has 0 saturated carbocycles. The summed E-state index contributed by atoms with van der Waals surface area (Å²) in [7, 11) is 1.66. The topological polar surface area (TPSA) is 18.5 Å². The molecule has 0 saturated heterocycles. The van der Waals surface area contributed by atoms with Gasteiger partial charge in [0, 0.05) is 17.0 Å². The smallest absolute Gasteiger partial charge is 0.127 e. The maximum atomic E-state index is 5.95. The van der Waals surface area contributed by atoms with E-state index in [1.54, 1.807) is 7.11 Å². The Morgan fingerprint density at radius 2 is 1.76 bits per heavy atom. The highest BCUT2D eigenvalue weighted by Gasteiger charge is 2.06. The number of ether oxygens (including phenoxy) is 2. The van der Waals surface area contributed by atoms with Crippen molar-refractivity contribution in [2.75, 3.05) is 7.11 Å². The fourth-order valence-electron chi connectivity index (χ4n) is 2.07. The van der Waals surface area contributed by atoms with Crippen LogP contribution in [-0.2, 0) is 11.9 Å². The van der Waals surface area contributed by atoms with Gasteiger partial charge in [-0.25, -0.2) is 0 Å². The molecule has 0 radical (unpaired) electrons. The quantitative estimate of drug-likeness (QED) is 0.660. The number of halogens is 1. The van der Waals surface area contributed by atoms with E-state index in [0.29, 0.717) is 12.5 Å². The van der Waals surface area contributed by atoms with E-state index in [-0.39, 0.29) is 0 Å². The number of alkyl halides is 1. The van der Waals surface area contributed by atoms with Crippen molar-refractivity contribution in [3.63, 3.8) is 0 Å². The minimum atomic E-state index is 0.554. The van der Waals surface area contributed by atoms with E-state index in [2.05, 4.69) is 54.0 Å². The summed E-state index contributed by atoms with van der Waals surface area (Å²) in [6.07, 6.45) is 0. The zero-order valence-electron chi connectivity index (χ0n) is 12.7. The Kier molecular flexibility index (Phi) is 5.68. The van der Waals surface area contributed by atoms with E-state index >= 15 is 0 Å². The van der Waals surface area contributed by atoms with Crippen molar-refractivity contribution in [3.05, 3.63) is 59.2 Å². The van der Waals surface area contributed by atoms with Gasteiger partial charge in [-0.15, -0.1) is 0 Å². The molecule has 0 atom stereocenters. The van der Waals surface area contributed by atoms with Gasteiger partial charge in [0.25, 0.3) is 0 Å². The molecule has 3 heteroatoms. The predicted octanol–water partition coefficient (Wildman–Crippen LogP) is 5.29. The van der Waals surface area contributed by atoms with Crippen molar-refractivity contribution in [2.24, 2.45) is 0 Å². The van der Waals surface area contributed by atoms with Crippen LogP contribution in [0.25, 0.3) is 0 Å². The van der Waals surface area contributed by atoms with E-state index < -0.39 is 0 Å². The Morgan fingerprint density at radius 3 is 2.33 bits per heavy atom. The van der Waals surface area contributed by atoms with Gasteiger partial charge < -0.3 is 9.47 Å². The van der Waals surface area contributed by atoms with Crippen LogP contribution >= 0.6 is 15.9 Å². The number of hydrogen-bond acceptors (Lipinski definition) is 2. The molecule has 2 rings (SSSR count). The van der Waals surface area contributed by atoms with Crippen molar-refractivity contribution >= 4 is 15.9 Å². The van der Waals surface area contributed by atoms with Gasteiger partial charge in [-0.3, -0.25) is 0 Å². The van der Waals surface area contributed by atoms with Gasteiger partial charge in [0.15, 0.2) is 0 Å². The molecule has 112 valence electrons. The molecule has 0 unspecified atom stereocenters. The molecule has 0 bridgehead atoms. The molecule has 21 heavy (non-hydrogen) atoms. The monoisotopic (exact) mass is 348 g/mol. The number of methoxy groups -OCH3 is 1. The molecule has 0 N–H and O–H groups in total. The summed E-state index contributed by atoms with van der Waals surface area (Å²) >= 11 is 3.49. The second kappa shape index (κ2) is 7.51. The van der Waals surface area contributed by atoms with Gasteiger partial charge in [0.2, 0.25) is 0 Å². The Bertz CT molecular complexity index is 576. The Labute approximate surface area is 135 Å². The summed E-state index contributed by atoms with van der Waals surface area (Å²) < 4.78 is 11.2. The van der Waals surface area contributed by atoms with Crippen molar-refractivity contribution in [1.82, 2.24) is 0 Å². The molecule has 0 aliphatic heterocycles. The first-order valence-corrected chi connectivity index (χ1v) is 8.20. The fraction of sp³-hybridized carbons (Fsp3) is 0.333. The van der Waals surface area contributed by atoms with Gasteiger partial charge in [-0.1, -0.05) is 60.1 Å². The van der Waals surface area contributed by atoms with Gasteiger partial charge >= 0.3 is 0 Å². The lowest BCUT2D eigenvalue weighted by Crippen LogP contribution is -1.99. The number of hydrogen-bond donors (Lipinski definition) is 0. The second-order valence-corrected chi connectivity index (χ2v) is 5.85. The van der Waals surface area contributed by atoms with Crippen molar-refractivity contribution in [2.45, 2.75) is 31.7 Å². The lowest BCUT2D eigenvalue weighted by atomic mass is 10.0. The Balaban J connectivity index is 2.08. The highest BCUT2D eigenvalue weighted by molar-refractivity contribution is 9.08. The van der Waals surface area contributed by atoms with Gasteiger partial charge in [0.1, 0.15) is 18.1 Å². The molecule has 0 spiro atoms. The van der Waals surface area contributed by atoms with Gasteiger partial charge in [-0.05, 0) is 23.1 Å². The first kappa shape index (κ1) is 15.9. The highest BCUT2D eigenvalue weighted by Crippen LogP contribution is 2.27. The van der Waals surface area contributed by atoms with Crippen LogP contribution in [0.3, 0.4) is 0 Å². The third-order valence-corrected chi connectivity index (χ3v) is 4.06. The molecule has 0 aliphatic rings. The van der Waals surface area contributed by atoms with Crippen LogP contribution in [0.15, 0.2) is 42.5 Å². The van der Waals surface area contributed by atoms with Crippen LogP contribution in [0.5, 0.6) is 11.5 Å². The molecule has 2 aromatic rings. The first-order chi connectivity index (χ1) is 10.1. The molecule has 2 aromatic carbocycles. The van der Waals surface area contributed by atoms with E-state index in [9.17, 15) is 0 Å². The molecule has 2 nitrogen and oxygen atoms in total. The first-order valence-electron chi connectivity index (χ1n) is 7.08. The largest absolute Gasteiger partial charge is 0.497 e. The molecular weight excluding hydrogens is 328 g/mol. The summed E-state index contributed by atoms with van der Waals surface area (Å²) in [6.45, 7) is 4.96. The van der Waals surface area contributed by atoms with Crippen molar-refractivity contribution in [1.29, 1.82) is 0 Å². The van der Waals surface area contributed by atoms with Gasteiger partial charge in [-0.2, -0.15) is 0 Å². The molecule has 0 aromatic heterocycles. The molecular formula is C18H21BrO2. The standard InChI is InChI=1S/C18H21BrO2/c1-13(2)15-6-4-14(5-7-15)12-21-18-10-17(20-3)9-8-16(18)11-19/h4-10,13H,11-12H2,1-3H3. The summed E-state index contributed by atoms with van der Waals surface area (Å²) in [4.78, 5) is 0. The molecule has 0 aliphatic carbocycles. The zero-order chi connectivity index (χ0) is 15.2. The van der Waals surface area contributed by atoms with Crippen LogP contribution < -0.4 is 9.47 Å². The van der Waals surface area contributed by atoms with Gasteiger partial charge in [0.05, 0.1) is 7.11 Å². The average molecular weight is 349 g/mol. The molecule has 0 fully saturated rings. The third-order valence-electron chi connectivity index (χ3n) is 3.46. The molecule has 0 amide bonds. The lowest BCUT2D eigenvalue weighted by Gasteiger charge is -2.12. The summed E-state index contributed by atoms with van der Waals surface area (Å²) in [6, 6.07) is 14.5. The van der Waals surface area contributed by atoms with E-state index in [4.69, 9.17) is 9.47 Å². The SMILES string of the molecule is COc1ccc(CBr)c(OCc2ccc(C(C)C)cc2)c1. The van der Waals surface area contributed by atoms with E-state index in [1.165, 1.54) is 11.1 Å². The maximum Gasteiger partial charge on any atom is 0.127 e. The maximum absolute atomic E-state index is 5.95. The van der Waals surface area contributed by atoms with Crippen LogP contribution in [0.4, 0.5) is 0 Å². The summed E-state index contributed by atoms with van der Waals surface area (Å²) in [5, 5.41) is 0.763. The second-order valence-electron chi connectivity index (χ2n) is 5.29. The van der Waals surface area contributed by atoms with Crippen molar-refractivity contribution < 1.29 is 9.47 Å². The van der Waals surface area contributed by atoms with E-state index in [1.807, 2.05) is 18.2 Å². The minimum absolute atomic E-state index is 0.554. The highest BCUT2D eigenvalue weighted by atomic mass is 79.9. The van der Waals surface area contributed by atoms with Crippen LogP contribution in [0.2, 0.25) is 0 Å². The normalized spacial score (nSPS) is 10.7. The third kappa shape index (κ3) is 4.24. The van der Waals surface area contributed by atoms with E-state index in [0.717, 1.165) is 22.4 Å². The average Bonchev–Trinajstić information content (AvgIpc) is 2.52. The lowest BCUT2D eigenvalue weighted by molar-refractivity contribution is 0.301.